The van der Waals surface area contributed by atoms with Gasteiger partial charge >= 0.3 is 0 Å². The number of ether oxygens (including phenoxy) is 1. The van der Waals surface area contributed by atoms with Gasteiger partial charge in [0, 0.05) is 25.4 Å². The molecule has 0 aliphatic carbocycles. The molecule has 5 nitrogen and oxygen atoms in total. The van der Waals surface area contributed by atoms with Crippen LogP contribution in [-0.2, 0) is 17.9 Å². The number of hydrogen-bond donors (Lipinski definition) is 1. The number of hydrogen-bond acceptors (Lipinski definition) is 4. The van der Waals surface area contributed by atoms with E-state index >= 15 is 0 Å². The van der Waals surface area contributed by atoms with E-state index in [1.165, 1.54) is 17.7 Å². The summed E-state index contributed by atoms with van der Waals surface area (Å²) in [6.07, 6.45) is 1.81. The van der Waals surface area contributed by atoms with E-state index in [9.17, 15) is 4.39 Å². The molecular weight excluding hydrogens is 307 g/mol. The molecule has 3 aromatic rings. The van der Waals surface area contributed by atoms with Crippen LogP contribution in [-0.4, -0.2) is 27.7 Å². The van der Waals surface area contributed by atoms with Crippen LogP contribution in [0.5, 0.6) is 0 Å². The summed E-state index contributed by atoms with van der Waals surface area (Å²) in [5.74, 6) is 0.585. The van der Waals surface area contributed by atoms with Crippen molar-refractivity contribution in [3.8, 4) is 0 Å². The summed E-state index contributed by atoms with van der Waals surface area (Å²) >= 11 is 0. The molecule has 1 aromatic carbocycles. The van der Waals surface area contributed by atoms with Gasteiger partial charge in [-0.25, -0.2) is 9.37 Å². The zero-order valence-corrected chi connectivity index (χ0v) is 13.5. The van der Waals surface area contributed by atoms with Crippen LogP contribution in [0.3, 0.4) is 0 Å². The molecule has 24 heavy (non-hydrogen) atoms. The minimum atomic E-state index is -0.265. The van der Waals surface area contributed by atoms with Crippen LogP contribution in [0.15, 0.2) is 36.5 Å². The van der Waals surface area contributed by atoms with Gasteiger partial charge < -0.3 is 14.6 Å². The number of pyridine rings is 1. The molecule has 6 heteroatoms. The minimum Gasteiger partial charge on any atom is -0.371 e. The summed E-state index contributed by atoms with van der Waals surface area (Å²) in [5.41, 5.74) is 3.86. The molecule has 1 aliphatic heterocycles. The van der Waals surface area contributed by atoms with Crippen molar-refractivity contribution in [3.05, 3.63) is 59.4 Å². The summed E-state index contributed by atoms with van der Waals surface area (Å²) < 4.78 is 21.3. The smallest absolute Gasteiger partial charge is 0.136 e. The average Bonchev–Trinajstić information content (AvgIpc) is 2.94. The monoisotopic (exact) mass is 326 g/mol. The second kappa shape index (κ2) is 6.30. The molecule has 1 aliphatic rings. The van der Waals surface area contributed by atoms with Gasteiger partial charge in [0.25, 0.3) is 0 Å². The van der Waals surface area contributed by atoms with Crippen LogP contribution >= 0.6 is 0 Å². The third kappa shape index (κ3) is 2.79. The topological polar surface area (TPSA) is 52.0 Å². The molecule has 0 fully saturated rings. The normalized spacial score (nSPS) is 17.2. The zero-order valence-electron chi connectivity index (χ0n) is 13.5. The van der Waals surface area contributed by atoms with E-state index in [1.807, 2.05) is 12.3 Å². The molecule has 0 bridgehead atoms. The lowest BCUT2D eigenvalue weighted by atomic mass is 10.2. The van der Waals surface area contributed by atoms with E-state index in [1.54, 1.807) is 6.07 Å². The van der Waals surface area contributed by atoms with E-state index in [-0.39, 0.29) is 11.9 Å². The number of benzene rings is 1. The number of aryl methyl sites for hydroxylation is 1. The second-order valence-electron chi connectivity index (χ2n) is 6.10. The minimum absolute atomic E-state index is 0.133. The SMILES string of the molecule is Cc1cccnc1CNCC1COCc2nc3cc(F)ccc3n21. The molecule has 4 rings (SSSR count). The maximum atomic E-state index is 13.4. The Balaban J connectivity index is 1.54. The van der Waals surface area contributed by atoms with Gasteiger partial charge in [-0.2, -0.15) is 0 Å². The van der Waals surface area contributed by atoms with Crippen LogP contribution in [0.1, 0.15) is 23.1 Å². The van der Waals surface area contributed by atoms with Gasteiger partial charge in [0.05, 0.1) is 29.4 Å². The molecular formula is C18H19FN4O. The highest BCUT2D eigenvalue weighted by Gasteiger charge is 2.24. The lowest BCUT2D eigenvalue weighted by molar-refractivity contribution is 0.0563. The Labute approximate surface area is 139 Å². The highest BCUT2D eigenvalue weighted by molar-refractivity contribution is 5.76. The Morgan fingerprint density at radius 1 is 1.38 bits per heavy atom. The van der Waals surface area contributed by atoms with Crippen molar-refractivity contribution >= 4 is 11.0 Å². The van der Waals surface area contributed by atoms with Crippen LogP contribution in [0.2, 0.25) is 0 Å². The van der Waals surface area contributed by atoms with Gasteiger partial charge in [0.15, 0.2) is 0 Å². The number of imidazole rings is 1. The fourth-order valence-corrected chi connectivity index (χ4v) is 3.20. The summed E-state index contributed by atoms with van der Waals surface area (Å²) in [7, 11) is 0. The Bertz CT molecular complexity index is 877. The Morgan fingerprint density at radius 3 is 3.17 bits per heavy atom. The van der Waals surface area contributed by atoms with Crippen molar-refractivity contribution in [2.45, 2.75) is 26.1 Å². The van der Waals surface area contributed by atoms with Gasteiger partial charge in [-0.05, 0) is 30.7 Å². The number of nitrogens with one attached hydrogen (secondary N) is 1. The lowest BCUT2D eigenvalue weighted by Gasteiger charge is -2.26. The van der Waals surface area contributed by atoms with Crippen molar-refractivity contribution in [1.29, 1.82) is 0 Å². The quantitative estimate of drug-likeness (QED) is 0.801. The van der Waals surface area contributed by atoms with E-state index in [2.05, 4.69) is 32.8 Å². The van der Waals surface area contributed by atoms with Gasteiger partial charge in [0.1, 0.15) is 18.2 Å². The zero-order chi connectivity index (χ0) is 16.5. The molecule has 1 unspecified atom stereocenters. The van der Waals surface area contributed by atoms with Crippen molar-refractivity contribution in [3.63, 3.8) is 0 Å². The van der Waals surface area contributed by atoms with E-state index in [0.29, 0.717) is 25.3 Å². The number of rotatable bonds is 4. The van der Waals surface area contributed by atoms with Crippen molar-refractivity contribution in [2.24, 2.45) is 0 Å². The van der Waals surface area contributed by atoms with Gasteiger partial charge in [-0.3, -0.25) is 4.98 Å². The molecule has 0 amide bonds. The Morgan fingerprint density at radius 2 is 2.29 bits per heavy atom. The summed E-state index contributed by atoms with van der Waals surface area (Å²) in [4.78, 5) is 8.90. The van der Waals surface area contributed by atoms with Crippen molar-refractivity contribution in [2.75, 3.05) is 13.2 Å². The van der Waals surface area contributed by atoms with Crippen LogP contribution in [0.25, 0.3) is 11.0 Å². The van der Waals surface area contributed by atoms with Crippen LogP contribution in [0, 0.1) is 12.7 Å². The molecule has 3 heterocycles. The average molecular weight is 326 g/mol. The van der Waals surface area contributed by atoms with Crippen molar-refractivity contribution < 1.29 is 9.13 Å². The maximum Gasteiger partial charge on any atom is 0.136 e. The fourth-order valence-electron chi connectivity index (χ4n) is 3.20. The number of nitrogens with zero attached hydrogens (tertiary/aromatic N) is 3. The van der Waals surface area contributed by atoms with Gasteiger partial charge in [-0.15, -0.1) is 0 Å². The second-order valence-corrected chi connectivity index (χ2v) is 6.10. The maximum absolute atomic E-state index is 13.4. The third-order valence-electron chi connectivity index (χ3n) is 4.42. The van der Waals surface area contributed by atoms with E-state index in [4.69, 9.17) is 4.74 Å². The largest absolute Gasteiger partial charge is 0.371 e. The number of fused-ring (bicyclic) bond motifs is 3. The molecule has 0 spiro atoms. The molecule has 1 atom stereocenters. The van der Waals surface area contributed by atoms with Crippen LogP contribution in [0.4, 0.5) is 4.39 Å². The summed E-state index contributed by atoms with van der Waals surface area (Å²) in [6, 6.07) is 8.88. The van der Waals surface area contributed by atoms with Crippen molar-refractivity contribution in [1.82, 2.24) is 19.9 Å². The van der Waals surface area contributed by atoms with Gasteiger partial charge in [-0.1, -0.05) is 6.07 Å². The fraction of sp³-hybridized carbons (Fsp3) is 0.333. The standard InChI is InChI=1S/C18H19FN4O/c1-12-3-2-6-21-16(12)9-20-8-14-10-24-11-18-22-15-7-13(19)4-5-17(15)23(14)18/h2-7,14,20H,8-11H2,1H3. The first kappa shape index (κ1) is 15.2. The summed E-state index contributed by atoms with van der Waals surface area (Å²) in [6.45, 7) is 4.59. The molecule has 1 N–H and O–H groups in total. The molecule has 2 aromatic heterocycles. The predicted octanol–water partition coefficient (Wildman–Crippen LogP) is 2.74. The van der Waals surface area contributed by atoms with Crippen LogP contribution < -0.4 is 5.32 Å². The number of aromatic nitrogens is 3. The summed E-state index contributed by atoms with van der Waals surface area (Å²) in [5, 5.41) is 3.45. The molecule has 0 saturated heterocycles. The van der Waals surface area contributed by atoms with E-state index in [0.717, 1.165) is 23.6 Å². The predicted molar refractivity (Wildman–Crippen MR) is 89.1 cm³/mol. The lowest BCUT2D eigenvalue weighted by Crippen LogP contribution is -2.32. The van der Waals surface area contributed by atoms with E-state index < -0.39 is 0 Å². The number of halogens is 1. The Kier molecular flexibility index (Phi) is 4.00. The first-order chi connectivity index (χ1) is 11.7. The molecule has 0 radical (unpaired) electrons. The Hall–Kier alpha value is -2.31. The first-order valence-corrected chi connectivity index (χ1v) is 8.07. The molecule has 124 valence electrons. The molecule has 0 saturated carbocycles. The highest BCUT2D eigenvalue weighted by Crippen LogP contribution is 2.26. The third-order valence-corrected chi connectivity index (χ3v) is 4.42. The van der Waals surface area contributed by atoms with Gasteiger partial charge in [0.2, 0.25) is 0 Å². The first-order valence-electron chi connectivity index (χ1n) is 8.07. The highest BCUT2D eigenvalue weighted by atomic mass is 19.1.